The summed E-state index contributed by atoms with van der Waals surface area (Å²) in [4.78, 5) is 38.2. The summed E-state index contributed by atoms with van der Waals surface area (Å²) in [6.45, 7) is 1.35. The highest BCUT2D eigenvalue weighted by Gasteiger charge is 2.30. The van der Waals surface area contributed by atoms with Crippen LogP contribution in [0.2, 0.25) is 5.02 Å². The van der Waals surface area contributed by atoms with Crippen LogP contribution in [0, 0.1) is 5.92 Å². The van der Waals surface area contributed by atoms with Crippen LogP contribution in [0.25, 0.3) is 22.2 Å². The van der Waals surface area contributed by atoms with Crippen LogP contribution in [0.15, 0.2) is 60.9 Å². The highest BCUT2D eigenvalue weighted by molar-refractivity contribution is 6.33. The van der Waals surface area contributed by atoms with E-state index >= 15 is 0 Å². The first kappa shape index (κ1) is 24.5. The molecule has 2 aromatic heterocycles. The summed E-state index contributed by atoms with van der Waals surface area (Å²) in [7, 11) is 1.97. The second-order valence-electron chi connectivity index (χ2n) is 9.13. The number of carboxylic acid groups (broad SMARTS) is 1. The number of fused-ring (bicyclic) bond motifs is 1. The first-order valence-electron chi connectivity index (χ1n) is 11.8. The number of likely N-dealkylation sites (N-methyl/N-ethyl adjacent to an activating group) is 1. The normalized spacial score (nSPS) is 17.9. The average molecular weight is 520 g/mol. The summed E-state index contributed by atoms with van der Waals surface area (Å²) < 4.78 is 0. The van der Waals surface area contributed by atoms with Crippen molar-refractivity contribution in [2.45, 2.75) is 12.5 Å². The largest absolute Gasteiger partial charge is 0.465 e. The first-order valence-corrected chi connectivity index (χ1v) is 12.2. The zero-order chi connectivity index (χ0) is 25.9. The van der Waals surface area contributed by atoms with Gasteiger partial charge in [0.1, 0.15) is 0 Å². The molecule has 1 aliphatic rings. The number of benzene rings is 2. The van der Waals surface area contributed by atoms with Crippen molar-refractivity contribution in [3.8, 4) is 11.3 Å². The Labute approximate surface area is 218 Å². The predicted molar refractivity (Wildman–Crippen MR) is 144 cm³/mol. The summed E-state index contributed by atoms with van der Waals surface area (Å²) in [5.74, 6) is 0.0907. The number of likely N-dealkylation sites (tertiary alicyclic amines) is 1. The summed E-state index contributed by atoms with van der Waals surface area (Å²) in [5, 5.41) is 18.9. The number of para-hydroxylation sites is 1. The minimum Gasteiger partial charge on any atom is -0.465 e. The van der Waals surface area contributed by atoms with Gasteiger partial charge in [0.2, 0.25) is 11.9 Å². The molecule has 11 heteroatoms. The van der Waals surface area contributed by atoms with Gasteiger partial charge >= 0.3 is 6.09 Å². The van der Waals surface area contributed by atoms with Crippen molar-refractivity contribution in [2.75, 3.05) is 36.1 Å². The van der Waals surface area contributed by atoms with Crippen LogP contribution in [0.4, 0.5) is 22.1 Å². The quantitative estimate of drug-likeness (QED) is 0.248. The van der Waals surface area contributed by atoms with Gasteiger partial charge in [-0.05, 0) is 43.8 Å². The maximum Gasteiger partial charge on any atom is 0.409 e. The molecule has 5 N–H and O–H groups in total. The zero-order valence-corrected chi connectivity index (χ0v) is 20.8. The van der Waals surface area contributed by atoms with Gasteiger partial charge < -0.3 is 25.6 Å². The number of H-pyrrole nitrogens is 1. The molecule has 0 spiro atoms. The van der Waals surface area contributed by atoms with Crippen LogP contribution < -0.4 is 16.0 Å². The molecule has 2 aromatic carbocycles. The van der Waals surface area contributed by atoms with Crippen molar-refractivity contribution >= 4 is 51.8 Å². The van der Waals surface area contributed by atoms with Crippen LogP contribution in [-0.2, 0) is 4.79 Å². The zero-order valence-electron chi connectivity index (χ0n) is 20.0. The van der Waals surface area contributed by atoms with Gasteiger partial charge in [0, 0.05) is 53.2 Å². The Bertz CT molecular complexity index is 1440. The van der Waals surface area contributed by atoms with E-state index in [1.807, 2.05) is 37.5 Å². The van der Waals surface area contributed by atoms with Crippen LogP contribution in [0.5, 0.6) is 0 Å². The smallest absolute Gasteiger partial charge is 0.409 e. The molecule has 0 aliphatic carbocycles. The molecule has 0 saturated carbocycles. The number of aromatic nitrogens is 3. The molecule has 4 aromatic rings. The fourth-order valence-corrected chi connectivity index (χ4v) is 4.89. The minimum absolute atomic E-state index is 0.0476. The number of piperidine rings is 1. The van der Waals surface area contributed by atoms with E-state index in [9.17, 15) is 9.59 Å². The second kappa shape index (κ2) is 10.5. The molecule has 1 saturated heterocycles. The lowest BCUT2D eigenvalue weighted by Crippen LogP contribution is -2.48. The highest BCUT2D eigenvalue weighted by atomic mass is 35.5. The first-order chi connectivity index (χ1) is 17.9. The lowest BCUT2D eigenvalue weighted by atomic mass is 9.93. The van der Waals surface area contributed by atoms with E-state index in [0.717, 1.165) is 23.0 Å². The van der Waals surface area contributed by atoms with Crippen LogP contribution in [-0.4, -0.2) is 63.1 Å². The van der Waals surface area contributed by atoms with E-state index in [1.165, 1.54) is 0 Å². The van der Waals surface area contributed by atoms with Gasteiger partial charge in [-0.1, -0.05) is 29.8 Å². The Hall–Kier alpha value is -4.15. The van der Waals surface area contributed by atoms with Gasteiger partial charge in [0.05, 0.1) is 22.8 Å². The van der Waals surface area contributed by atoms with Crippen molar-refractivity contribution in [2.24, 2.45) is 5.92 Å². The Morgan fingerprint density at radius 1 is 1.08 bits per heavy atom. The Morgan fingerprint density at radius 3 is 2.57 bits per heavy atom. The third kappa shape index (κ3) is 5.65. The molecule has 190 valence electrons. The fraction of sp³-hybridized carbons (Fsp3) is 0.231. The fourth-order valence-electron chi connectivity index (χ4n) is 4.69. The van der Waals surface area contributed by atoms with Crippen molar-refractivity contribution in [1.82, 2.24) is 19.9 Å². The molecule has 0 unspecified atom stereocenters. The van der Waals surface area contributed by atoms with Crippen molar-refractivity contribution in [1.29, 1.82) is 0 Å². The number of aromatic amines is 1. The van der Waals surface area contributed by atoms with Crippen LogP contribution in [0.3, 0.4) is 0 Å². The molecule has 10 nitrogen and oxygen atoms in total. The molecule has 1 aliphatic heterocycles. The van der Waals surface area contributed by atoms with Crippen molar-refractivity contribution in [3.05, 3.63) is 65.9 Å². The number of carbonyl (C=O) groups is 2. The monoisotopic (exact) mass is 519 g/mol. The summed E-state index contributed by atoms with van der Waals surface area (Å²) in [6.07, 6.45) is 2.94. The Balaban J connectivity index is 1.27. The number of amides is 2. The van der Waals surface area contributed by atoms with E-state index in [4.69, 9.17) is 21.7 Å². The van der Waals surface area contributed by atoms with E-state index in [1.54, 1.807) is 30.5 Å². The van der Waals surface area contributed by atoms with E-state index in [2.05, 4.69) is 30.8 Å². The molecule has 2 amide bonds. The predicted octanol–water partition coefficient (Wildman–Crippen LogP) is 4.74. The SMILES string of the molecule is CN1C[C@H](Nc2ncc(Cl)c(-c3c[nH]c4ccccc34)n2)C[C@@H](C(=O)Nc2ccc(NC(=O)O)cc2)C1. The lowest BCUT2D eigenvalue weighted by Gasteiger charge is -2.35. The lowest BCUT2D eigenvalue weighted by molar-refractivity contribution is -0.121. The van der Waals surface area contributed by atoms with Crippen molar-refractivity contribution in [3.63, 3.8) is 0 Å². The molecule has 0 bridgehead atoms. The van der Waals surface area contributed by atoms with Crippen LogP contribution >= 0.6 is 11.6 Å². The molecule has 0 radical (unpaired) electrons. The average Bonchev–Trinajstić information content (AvgIpc) is 3.30. The Kier molecular flexibility index (Phi) is 6.93. The number of carbonyl (C=O) groups excluding carboxylic acids is 1. The maximum absolute atomic E-state index is 13.0. The molecule has 37 heavy (non-hydrogen) atoms. The van der Waals surface area contributed by atoms with E-state index < -0.39 is 6.09 Å². The second-order valence-corrected chi connectivity index (χ2v) is 9.54. The molecule has 3 heterocycles. The van der Waals surface area contributed by atoms with Gasteiger partial charge in [0.15, 0.2) is 0 Å². The molecule has 2 atom stereocenters. The summed E-state index contributed by atoms with van der Waals surface area (Å²) in [6, 6.07) is 14.4. The van der Waals surface area contributed by atoms with E-state index in [-0.39, 0.29) is 17.9 Å². The number of nitrogens with one attached hydrogen (secondary N) is 4. The third-order valence-corrected chi connectivity index (χ3v) is 6.61. The summed E-state index contributed by atoms with van der Waals surface area (Å²) in [5.41, 5.74) is 3.56. The maximum atomic E-state index is 13.0. The van der Waals surface area contributed by atoms with Crippen LogP contribution in [0.1, 0.15) is 6.42 Å². The summed E-state index contributed by atoms with van der Waals surface area (Å²) >= 11 is 6.47. The number of nitrogens with zero attached hydrogens (tertiary/aromatic N) is 3. The molecule has 1 fully saturated rings. The minimum atomic E-state index is -1.14. The molecule has 5 rings (SSSR count). The number of hydrogen-bond donors (Lipinski definition) is 5. The van der Waals surface area contributed by atoms with Gasteiger partial charge in [-0.15, -0.1) is 0 Å². The van der Waals surface area contributed by atoms with Gasteiger partial charge in [-0.3, -0.25) is 10.1 Å². The topological polar surface area (TPSA) is 135 Å². The number of hydrogen-bond acceptors (Lipinski definition) is 6. The number of rotatable bonds is 6. The standard InChI is InChI=1S/C26H26ClN7O3/c1-34-13-15(24(35)30-16-6-8-17(9-7-16)32-26(36)37)10-18(14-34)31-25-29-12-21(27)23(33-25)20-11-28-22-5-3-2-4-19(20)22/h2-9,11-12,15,18,28,32H,10,13-14H2,1H3,(H,30,35)(H,36,37)(H,29,31,33)/t15-,18-/m1/s1. The number of anilines is 3. The molecular formula is C26H26ClN7O3. The number of halogens is 1. The van der Waals surface area contributed by atoms with Gasteiger partial charge in [0.25, 0.3) is 0 Å². The molecular weight excluding hydrogens is 494 g/mol. The van der Waals surface area contributed by atoms with Gasteiger partial charge in [-0.2, -0.15) is 0 Å². The Morgan fingerprint density at radius 2 is 1.81 bits per heavy atom. The highest BCUT2D eigenvalue weighted by Crippen LogP contribution is 2.32. The third-order valence-electron chi connectivity index (χ3n) is 6.33. The van der Waals surface area contributed by atoms with E-state index in [0.29, 0.717) is 41.0 Å². The van der Waals surface area contributed by atoms with Gasteiger partial charge in [-0.25, -0.2) is 14.8 Å². The van der Waals surface area contributed by atoms with Crippen molar-refractivity contribution < 1.29 is 14.7 Å².